The lowest BCUT2D eigenvalue weighted by atomic mass is 9.77. The molecule has 1 aliphatic heterocycles. The molecule has 1 aliphatic carbocycles. The van der Waals surface area contributed by atoms with Crippen molar-refractivity contribution in [1.82, 2.24) is 0 Å². The monoisotopic (exact) mass is 286 g/mol. The Morgan fingerprint density at radius 2 is 2.10 bits per heavy atom. The summed E-state index contributed by atoms with van der Waals surface area (Å²) in [7, 11) is 0. The average Bonchev–Trinajstić information content (AvgIpc) is 2.94. The summed E-state index contributed by atoms with van der Waals surface area (Å²) in [5, 5.41) is 0. The number of benzene rings is 1. The molecule has 0 bridgehead atoms. The second-order valence-corrected chi connectivity index (χ2v) is 6.11. The van der Waals surface area contributed by atoms with Gasteiger partial charge < -0.3 is 9.47 Å². The van der Waals surface area contributed by atoms with E-state index < -0.39 is 5.79 Å². The van der Waals surface area contributed by atoms with Crippen molar-refractivity contribution in [2.45, 2.75) is 44.3 Å². The molecule has 2 unspecified atom stereocenters. The molecule has 0 radical (unpaired) electrons. The van der Waals surface area contributed by atoms with E-state index in [0.29, 0.717) is 13.0 Å². The van der Waals surface area contributed by atoms with Gasteiger partial charge in [-0.25, -0.2) is 0 Å². The second kappa shape index (κ2) is 5.64. The number of hydrogen-bond acceptors (Lipinski definition) is 3. The predicted molar refractivity (Wildman–Crippen MR) is 80.6 cm³/mol. The number of fused-ring (bicyclic) bond motifs is 1. The maximum absolute atomic E-state index is 12.3. The SMILES string of the molecule is C=CCC12CCCC1(OC(=O)Cc1ccccc1)OCC2. The highest BCUT2D eigenvalue weighted by atomic mass is 16.7. The van der Waals surface area contributed by atoms with E-state index in [4.69, 9.17) is 9.47 Å². The van der Waals surface area contributed by atoms with Crippen molar-refractivity contribution in [3.8, 4) is 0 Å². The van der Waals surface area contributed by atoms with Crippen molar-refractivity contribution in [3.63, 3.8) is 0 Å². The Morgan fingerprint density at radius 3 is 2.86 bits per heavy atom. The summed E-state index contributed by atoms with van der Waals surface area (Å²) in [6.07, 6.45) is 6.95. The van der Waals surface area contributed by atoms with E-state index in [1.165, 1.54) is 0 Å². The van der Waals surface area contributed by atoms with Crippen LogP contribution in [0.1, 0.15) is 37.7 Å². The normalized spacial score (nSPS) is 30.9. The summed E-state index contributed by atoms with van der Waals surface area (Å²) in [6, 6.07) is 9.70. The molecule has 1 saturated heterocycles. The summed E-state index contributed by atoms with van der Waals surface area (Å²) in [6.45, 7) is 4.53. The van der Waals surface area contributed by atoms with Crippen LogP contribution in [0, 0.1) is 5.41 Å². The summed E-state index contributed by atoms with van der Waals surface area (Å²) < 4.78 is 11.8. The quantitative estimate of drug-likeness (QED) is 0.612. The Hall–Kier alpha value is -1.61. The lowest BCUT2D eigenvalue weighted by molar-refractivity contribution is -0.239. The van der Waals surface area contributed by atoms with Crippen LogP contribution in [0.15, 0.2) is 43.0 Å². The molecule has 0 N–H and O–H groups in total. The van der Waals surface area contributed by atoms with Crippen LogP contribution in [0.4, 0.5) is 0 Å². The molecule has 0 amide bonds. The second-order valence-electron chi connectivity index (χ2n) is 6.11. The van der Waals surface area contributed by atoms with Crippen LogP contribution < -0.4 is 0 Å². The van der Waals surface area contributed by atoms with Crippen LogP contribution >= 0.6 is 0 Å². The van der Waals surface area contributed by atoms with Gasteiger partial charge in [0.05, 0.1) is 13.0 Å². The van der Waals surface area contributed by atoms with Crippen LogP contribution in [0.25, 0.3) is 0 Å². The highest BCUT2D eigenvalue weighted by Crippen LogP contribution is 2.58. The van der Waals surface area contributed by atoms with Gasteiger partial charge >= 0.3 is 5.97 Å². The van der Waals surface area contributed by atoms with Crippen LogP contribution in [0.2, 0.25) is 0 Å². The molecule has 2 fully saturated rings. The molecule has 3 heteroatoms. The maximum Gasteiger partial charge on any atom is 0.312 e. The number of esters is 1. The Kier molecular flexibility index (Phi) is 3.85. The molecule has 2 atom stereocenters. The molecule has 3 nitrogen and oxygen atoms in total. The molecule has 1 aromatic rings. The first-order chi connectivity index (χ1) is 10.2. The number of hydrogen-bond donors (Lipinski definition) is 0. The van der Waals surface area contributed by atoms with Crippen molar-refractivity contribution in [1.29, 1.82) is 0 Å². The molecule has 1 saturated carbocycles. The lowest BCUT2D eigenvalue weighted by Gasteiger charge is -2.37. The van der Waals surface area contributed by atoms with Crippen molar-refractivity contribution < 1.29 is 14.3 Å². The van der Waals surface area contributed by atoms with Gasteiger partial charge in [-0.2, -0.15) is 0 Å². The minimum Gasteiger partial charge on any atom is -0.432 e. The number of ether oxygens (including phenoxy) is 2. The zero-order valence-corrected chi connectivity index (χ0v) is 12.3. The first kappa shape index (κ1) is 14.3. The molecular formula is C18H22O3. The Balaban J connectivity index is 1.73. The van der Waals surface area contributed by atoms with Gasteiger partial charge in [0.1, 0.15) is 0 Å². The first-order valence-electron chi connectivity index (χ1n) is 7.70. The molecule has 112 valence electrons. The lowest BCUT2D eigenvalue weighted by Crippen LogP contribution is -2.44. The smallest absolute Gasteiger partial charge is 0.312 e. The van der Waals surface area contributed by atoms with Gasteiger partial charge in [-0.1, -0.05) is 36.4 Å². The van der Waals surface area contributed by atoms with Gasteiger partial charge in [0.15, 0.2) is 0 Å². The number of carbonyl (C=O) groups is 1. The van der Waals surface area contributed by atoms with Crippen LogP contribution in [-0.2, 0) is 20.7 Å². The van der Waals surface area contributed by atoms with E-state index in [9.17, 15) is 4.79 Å². The summed E-state index contributed by atoms with van der Waals surface area (Å²) >= 11 is 0. The van der Waals surface area contributed by atoms with Crippen LogP contribution in [0.3, 0.4) is 0 Å². The van der Waals surface area contributed by atoms with Crippen LogP contribution in [-0.4, -0.2) is 18.4 Å². The molecule has 3 rings (SSSR count). The fourth-order valence-electron chi connectivity index (χ4n) is 3.87. The fourth-order valence-corrected chi connectivity index (χ4v) is 3.87. The molecule has 1 aromatic carbocycles. The van der Waals surface area contributed by atoms with Crippen molar-refractivity contribution >= 4 is 5.97 Å². The first-order valence-corrected chi connectivity index (χ1v) is 7.70. The third-order valence-corrected chi connectivity index (χ3v) is 4.89. The molecule has 21 heavy (non-hydrogen) atoms. The third kappa shape index (κ3) is 2.51. The van der Waals surface area contributed by atoms with E-state index in [-0.39, 0.29) is 11.4 Å². The highest BCUT2D eigenvalue weighted by Gasteiger charge is 2.61. The molecule has 1 heterocycles. The molecule has 0 spiro atoms. The Morgan fingerprint density at radius 1 is 1.29 bits per heavy atom. The molecular weight excluding hydrogens is 264 g/mol. The standard InChI is InChI=1S/C18H22O3/c1-2-9-17-10-6-11-18(17,20-13-12-17)21-16(19)14-15-7-4-3-5-8-15/h2-5,7-8H,1,6,9-14H2. The van der Waals surface area contributed by atoms with Gasteiger partial charge in [0.2, 0.25) is 5.79 Å². The van der Waals surface area contributed by atoms with Gasteiger partial charge in [0.25, 0.3) is 0 Å². The summed E-state index contributed by atoms with van der Waals surface area (Å²) in [4.78, 5) is 12.3. The van der Waals surface area contributed by atoms with Gasteiger partial charge in [0, 0.05) is 11.8 Å². The molecule has 0 aromatic heterocycles. The third-order valence-electron chi connectivity index (χ3n) is 4.89. The maximum atomic E-state index is 12.3. The van der Waals surface area contributed by atoms with Crippen molar-refractivity contribution in [2.75, 3.05) is 6.61 Å². The summed E-state index contributed by atoms with van der Waals surface area (Å²) in [5.74, 6) is -0.911. The summed E-state index contributed by atoms with van der Waals surface area (Å²) in [5.41, 5.74) is 0.922. The van der Waals surface area contributed by atoms with E-state index in [1.807, 2.05) is 36.4 Å². The van der Waals surface area contributed by atoms with Crippen LogP contribution in [0.5, 0.6) is 0 Å². The zero-order valence-electron chi connectivity index (χ0n) is 12.3. The van der Waals surface area contributed by atoms with Gasteiger partial charge in [-0.15, -0.1) is 6.58 Å². The van der Waals surface area contributed by atoms with E-state index in [0.717, 1.165) is 37.7 Å². The number of carbonyl (C=O) groups excluding carboxylic acids is 1. The zero-order chi connectivity index (χ0) is 14.8. The average molecular weight is 286 g/mol. The number of rotatable bonds is 5. The minimum absolute atomic E-state index is 0.0545. The minimum atomic E-state index is -0.715. The van der Waals surface area contributed by atoms with E-state index in [2.05, 4.69) is 6.58 Å². The predicted octanol–water partition coefficient (Wildman–Crippen LogP) is 3.64. The van der Waals surface area contributed by atoms with Gasteiger partial charge in [-0.3, -0.25) is 4.79 Å². The van der Waals surface area contributed by atoms with E-state index in [1.54, 1.807) is 0 Å². The Labute approximate surface area is 125 Å². The largest absolute Gasteiger partial charge is 0.432 e. The molecule has 2 aliphatic rings. The Bertz CT molecular complexity index is 511. The fraction of sp³-hybridized carbons (Fsp3) is 0.500. The van der Waals surface area contributed by atoms with Crippen molar-refractivity contribution in [2.24, 2.45) is 5.41 Å². The van der Waals surface area contributed by atoms with Crippen molar-refractivity contribution in [3.05, 3.63) is 48.6 Å². The van der Waals surface area contributed by atoms with Gasteiger partial charge in [-0.05, 0) is 31.2 Å². The highest BCUT2D eigenvalue weighted by molar-refractivity contribution is 5.73. The van der Waals surface area contributed by atoms with E-state index >= 15 is 0 Å². The topological polar surface area (TPSA) is 35.5 Å². The number of allylic oxidation sites excluding steroid dienone is 1.